The Morgan fingerprint density at radius 2 is 2.33 bits per heavy atom. The van der Waals surface area contributed by atoms with Crippen molar-refractivity contribution in [2.75, 3.05) is 20.2 Å². The molecule has 1 aliphatic rings. The third kappa shape index (κ3) is 3.91. The predicted molar refractivity (Wildman–Crippen MR) is 85.2 cm³/mol. The Labute approximate surface area is 129 Å². The fourth-order valence-corrected chi connectivity index (χ4v) is 1.96. The van der Waals surface area contributed by atoms with Crippen molar-refractivity contribution in [3.8, 4) is 5.75 Å². The number of nitrogens with one attached hydrogen (secondary N) is 2. The quantitative estimate of drug-likeness (QED) is 0.791. The van der Waals surface area contributed by atoms with Gasteiger partial charge in [-0.2, -0.15) is 0 Å². The van der Waals surface area contributed by atoms with E-state index >= 15 is 0 Å². The summed E-state index contributed by atoms with van der Waals surface area (Å²) in [6.45, 7) is 2.44. The van der Waals surface area contributed by atoms with Gasteiger partial charge in [-0.05, 0) is 18.6 Å². The summed E-state index contributed by atoms with van der Waals surface area (Å²) in [5.41, 5.74) is 0.951. The third-order valence-electron chi connectivity index (χ3n) is 2.63. The maximum atomic E-state index is 6.15. The molecule has 0 spiro atoms. The minimum Gasteiger partial charge on any atom is -0.496 e. The minimum absolute atomic E-state index is 0. The van der Waals surface area contributed by atoms with E-state index in [1.807, 2.05) is 18.2 Å². The highest BCUT2D eigenvalue weighted by Gasteiger charge is 2.09. The van der Waals surface area contributed by atoms with Crippen molar-refractivity contribution in [1.29, 1.82) is 0 Å². The molecule has 2 N–H and O–H groups in total. The average Bonchev–Trinajstić information content (AvgIpc) is 2.38. The molecule has 100 valence electrons. The fourth-order valence-electron chi connectivity index (χ4n) is 1.72. The molecule has 0 saturated carbocycles. The summed E-state index contributed by atoms with van der Waals surface area (Å²) in [5.74, 6) is 1.62. The Morgan fingerprint density at radius 1 is 1.50 bits per heavy atom. The van der Waals surface area contributed by atoms with Gasteiger partial charge in [0.1, 0.15) is 5.75 Å². The molecule has 0 aromatic heterocycles. The van der Waals surface area contributed by atoms with Crippen molar-refractivity contribution < 1.29 is 4.74 Å². The zero-order valence-electron chi connectivity index (χ0n) is 10.2. The van der Waals surface area contributed by atoms with Crippen molar-refractivity contribution in [1.82, 2.24) is 10.6 Å². The first-order valence-corrected chi connectivity index (χ1v) is 6.02. The lowest BCUT2D eigenvalue weighted by molar-refractivity contribution is 0.409. The van der Waals surface area contributed by atoms with Crippen LogP contribution in [-0.4, -0.2) is 26.2 Å². The largest absolute Gasteiger partial charge is 0.496 e. The van der Waals surface area contributed by atoms with Gasteiger partial charge in [0.15, 0.2) is 5.96 Å². The molecule has 1 aromatic carbocycles. The molecule has 0 amide bonds. The standard InChI is InChI=1S/C12H16ClN3O.HI/c1-17-11-5-2-4-10(13)9(11)8-16-12-14-6-3-7-15-12;/h2,4-5H,3,6-8H2,1H3,(H2,14,15,16);1H. The van der Waals surface area contributed by atoms with E-state index in [9.17, 15) is 0 Å². The van der Waals surface area contributed by atoms with E-state index in [0.717, 1.165) is 36.8 Å². The van der Waals surface area contributed by atoms with Crippen LogP contribution in [0.15, 0.2) is 23.2 Å². The van der Waals surface area contributed by atoms with Gasteiger partial charge in [0.05, 0.1) is 7.11 Å². The Hall–Kier alpha value is -0.690. The van der Waals surface area contributed by atoms with Gasteiger partial charge in [0, 0.05) is 30.2 Å². The summed E-state index contributed by atoms with van der Waals surface area (Å²) in [6.07, 6.45) is 1.08. The molecule has 0 aliphatic carbocycles. The van der Waals surface area contributed by atoms with Gasteiger partial charge in [0.25, 0.3) is 0 Å². The molecule has 0 bridgehead atoms. The van der Waals surface area contributed by atoms with Crippen molar-refractivity contribution in [2.45, 2.75) is 13.0 Å². The van der Waals surface area contributed by atoms with E-state index in [-0.39, 0.29) is 24.0 Å². The summed E-state index contributed by atoms with van der Waals surface area (Å²) in [4.78, 5) is 4.34. The van der Waals surface area contributed by atoms with Crippen LogP contribution in [0.25, 0.3) is 0 Å². The molecule has 0 radical (unpaired) electrons. The number of aliphatic imine (C=N–C) groups is 1. The minimum atomic E-state index is 0. The Bertz CT molecular complexity index is 426. The molecular weight excluding hydrogens is 365 g/mol. The van der Waals surface area contributed by atoms with Crippen LogP contribution in [0.3, 0.4) is 0 Å². The second-order valence-electron chi connectivity index (χ2n) is 3.78. The second-order valence-corrected chi connectivity index (χ2v) is 4.19. The molecule has 1 heterocycles. The zero-order chi connectivity index (χ0) is 12.1. The average molecular weight is 382 g/mol. The van der Waals surface area contributed by atoms with E-state index in [4.69, 9.17) is 16.3 Å². The number of ether oxygens (including phenoxy) is 1. The van der Waals surface area contributed by atoms with E-state index in [0.29, 0.717) is 11.6 Å². The number of methoxy groups -OCH3 is 1. The number of hydrogen-bond donors (Lipinski definition) is 2. The first kappa shape index (κ1) is 15.4. The molecule has 1 aromatic rings. The lowest BCUT2D eigenvalue weighted by Gasteiger charge is -2.17. The highest BCUT2D eigenvalue weighted by Crippen LogP contribution is 2.25. The van der Waals surface area contributed by atoms with Crippen LogP contribution < -0.4 is 15.4 Å². The van der Waals surface area contributed by atoms with Gasteiger partial charge in [-0.1, -0.05) is 17.7 Å². The van der Waals surface area contributed by atoms with Crippen molar-refractivity contribution in [3.05, 3.63) is 28.8 Å². The van der Waals surface area contributed by atoms with Crippen molar-refractivity contribution >= 4 is 41.5 Å². The maximum Gasteiger partial charge on any atom is 0.191 e. The number of guanidine groups is 1. The Balaban J connectivity index is 0.00000162. The highest BCUT2D eigenvalue weighted by atomic mass is 127. The van der Waals surface area contributed by atoms with Crippen LogP contribution in [0.5, 0.6) is 5.75 Å². The monoisotopic (exact) mass is 381 g/mol. The molecule has 1 aliphatic heterocycles. The van der Waals surface area contributed by atoms with E-state index < -0.39 is 0 Å². The van der Waals surface area contributed by atoms with Crippen molar-refractivity contribution in [2.24, 2.45) is 4.99 Å². The van der Waals surface area contributed by atoms with E-state index in [2.05, 4.69) is 15.6 Å². The molecule has 18 heavy (non-hydrogen) atoms. The lowest BCUT2D eigenvalue weighted by atomic mass is 10.2. The fraction of sp³-hybridized carbons (Fsp3) is 0.417. The van der Waals surface area contributed by atoms with Gasteiger partial charge in [0.2, 0.25) is 0 Å². The summed E-state index contributed by atoms with van der Waals surface area (Å²) in [6, 6.07) is 5.64. The normalized spacial score (nSPS) is 14.0. The van der Waals surface area contributed by atoms with Crippen LogP contribution in [0, 0.1) is 0 Å². The number of hydrogen-bond acceptors (Lipinski definition) is 4. The number of benzene rings is 1. The highest BCUT2D eigenvalue weighted by molar-refractivity contribution is 14.0. The maximum absolute atomic E-state index is 6.15. The van der Waals surface area contributed by atoms with Crippen LogP contribution in [-0.2, 0) is 6.54 Å². The zero-order valence-corrected chi connectivity index (χ0v) is 13.3. The van der Waals surface area contributed by atoms with Gasteiger partial charge in [-0.3, -0.25) is 4.99 Å². The van der Waals surface area contributed by atoms with Gasteiger partial charge < -0.3 is 15.4 Å². The molecule has 0 fully saturated rings. The molecule has 0 atom stereocenters. The first-order chi connectivity index (χ1) is 8.31. The first-order valence-electron chi connectivity index (χ1n) is 5.65. The molecule has 6 heteroatoms. The SMILES string of the molecule is COc1cccc(Cl)c1CNC1=NCCCN1.I. The molecule has 0 saturated heterocycles. The number of nitrogens with zero attached hydrogens (tertiary/aromatic N) is 1. The van der Waals surface area contributed by atoms with Crippen LogP contribution >= 0.6 is 35.6 Å². The van der Waals surface area contributed by atoms with E-state index in [1.165, 1.54) is 0 Å². The predicted octanol–water partition coefficient (Wildman–Crippen LogP) is 2.41. The molecular formula is C12H17ClIN3O. The van der Waals surface area contributed by atoms with Crippen LogP contribution in [0.2, 0.25) is 5.02 Å². The summed E-state index contributed by atoms with van der Waals surface area (Å²) >= 11 is 6.15. The number of rotatable bonds is 3. The number of halogens is 2. The Morgan fingerprint density at radius 3 is 3.00 bits per heavy atom. The summed E-state index contributed by atoms with van der Waals surface area (Å²) in [5, 5.41) is 7.13. The Kier molecular flexibility index (Phi) is 6.56. The smallest absolute Gasteiger partial charge is 0.191 e. The topological polar surface area (TPSA) is 45.6 Å². The lowest BCUT2D eigenvalue weighted by Crippen LogP contribution is -2.40. The summed E-state index contributed by atoms with van der Waals surface area (Å²) in [7, 11) is 1.64. The van der Waals surface area contributed by atoms with E-state index in [1.54, 1.807) is 7.11 Å². The van der Waals surface area contributed by atoms with Gasteiger partial charge in [-0.15, -0.1) is 24.0 Å². The molecule has 2 rings (SSSR count). The second kappa shape index (κ2) is 7.68. The van der Waals surface area contributed by atoms with Gasteiger partial charge in [-0.25, -0.2) is 0 Å². The molecule has 4 nitrogen and oxygen atoms in total. The van der Waals surface area contributed by atoms with Crippen LogP contribution in [0.4, 0.5) is 0 Å². The third-order valence-corrected chi connectivity index (χ3v) is 2.98. The van der Waals surface area contributed by atoms with Crippen molar-refractivity contribution in [3.63, 3.8) is 0 Å². The van der Waals surface area contributed by atoms with Crippen LogP contribution in [0.1, 0.15) is 12.0 Å². The summed E-state index contributed by atoms with van der Waals surface area (Å²) < 4.78 is 5.28. The molecule has 0 unspecified atom stereocenters. The van der Waals surface area contributed by atoms with Gasteiger partial charge >= 0.3 is 0 Å².